The molecule has 1 amide bonds. The minimum atomic E-state index is -0.236. The zero-order valence-electron chi connectivity index (χ0n) is 11.2. The van der Waals surface area contributed by atoms with Gasteiger partial charge in [0.2, 0.25) is 0 Å². The van der Waals surface area contributed by atoms with Gasteiger partial charge in [-0.05, 0) is 25.5 Å². The molecular formula is C14H16N2O3. The third-order valence-electron chi connectivity index (χ3n) is 2.85. The fraction of sp³-hybridized carbons (Fsp3) is 0.286. The predicted octanol–water partition coefficient (Wildman–Crippen LogP) is 2.81. The fourth-order valence-corrected chi connectivity index (χ4v) is 1.88. The van der Waals surface area contributed by atoms with Crippen LogP contribution in [0.5, 0.6) is 5.75 Å². The zero-order chi connectivity index (χ0) is 13.8. The first-order valence-corrected chi connectivity index (χ1v) is 6.06. The number of benzene rings is 1. The maximum Gasteiger partial charge on any atom is 0.261 e. The number of carbonyl (C=O) groups excluding carboxylic acids is 1. The fourth-order valence-electron chi connectivity index (χ4n) is 1.88. The molecule has 1 heterocycles. The van der Waals surface area contributed by atoms with Crippen LogP contribution in [0.3, 0.4) is 0 Å². The molecule has 1 aromatic heterocycles. The highest BCUT2D eigenvalue weighted by Gasteiger charge is 2.19. The molecule has 0 aliphatic rings. The molecule has 0 saturated carbocycles. The van der Waals surface area contributed by atoms with Gasteiger partial charge in [-0.2, -0.15) is 0 Å². The largest absolute Gasteiger partial charge is 0.495 e. The van der Waals surface area contributed by atoms with Crippen molar-refractivity contribution >= 4 is 11.6 Å². The average Bonchev–Trinajstić information content (AvgIpc) is 2.80. The Kier molecular flexibility index (Phi) is 3.85. The summed E-state index contributed by atoms with van der Waals surface area (Å²) in [6, 6.07) is 7.25. The van der Waals surface area contributed by atoms with Crippen LogP contribution in [0.4, 0.5) is 5.69 Å². The van der Waals surface area contributed by atoms with Crippen LogP contribution < -0.4 is 10.1 Å². The Labute approximate surface area is 111 Å². The molecule has 0 unspecified atom stereocenters. The summed E-state index contributed by atoms with van der Waals surface area (Å²) in [5.74, 6) is 0.896. The highest BCUT2D eigenvalue weighted by Crippen LogP contribution is 2.24. The van der Waals surface area contributed by atoms with Gasteiger partial charge in [0, 0.05) is 0 Å². The summed E-state index contributed by atoms with van der Waals surface area (Å²) in [5.41, 5.74) is 1.77. The van der Waals surface area contributed by atoms with E-state index in [1.807, 2.05) is 19.1 Å². The number of ether oxygens (including phenoxy) is 1. The molecular weight excluding hydrogens is 244 g/mol. The van der Waals surface area contributed by atoms with Crippen molar-refractivity contribution in [2.24, 2.45) is 0 Å². The number of aryl methyl sites for hydroxylation is 2. The number of nitrogens with one attached hydrogen (secondary N) is 1. The minimum absolute atomic E-state index is 0.236. The summed E-state index contributed by atoms with van der Waals surface area (Å²) < 4.78 is 10.3. The van der Waals surface area contributed by atoms with Gasteiger partial charge >= 0.3 is 0 Å². The van der Waals surface area contributed by atoms with Gasteiger partial charge in [0.25, 0.3) is 5.91 Å². The van der Waals surface area contributed by atoms with E-state index in [1.54, 1.807) is 26.2 Å². The van der Waals surface area contributed by atoms with Crippen molar-refractivity contribution in [3.05, 3.63) is 41.3 Å². The normalized spacial score (nSPS) is 10.3. The number of aromatic nitrogens is 1. The molecule has 1 N–H and O–H groups in total. The Morgan fingerprint density at radius 2 is 2.16 bits per heavy atom. The summed E-state index contributed by atoms with van der Waals surface area (Å²) in [7, 11) is 1.56. The van der Waals surface area contributed by atoms with Crippen molar-refractivity contribution in [2.45, 2.75) is 20.3 Å². The highest BCUT2D eigenvalue weighted by molar-refractivity contribution is 6.06. The minimum Gasteiger partial charge on any atom is -0.495 e. The van der Waals surface area contributed by atoms with E-state index in [-0.39, 0.29) is 5.91 Å². The number of rotatable bonds is 4. The Morgan fingerprint density at radius 1 is 1.42 bits per heavy atom. The number of nitrogens with zero attached hydrogens (tertiary/aromatic N) is 1. The van der Waals surface area contributed by atoms with Crippen LogP contribution in [0, 0.1) is 6.92 Å². The van der Waals surface area contributed by atoms with Gasteiger partial charge in [-0.3, -0.25) is 4.79 Å². The van der Waals surface area contributed by atoms with E-state index in [4.69, 9.17) is 9.26 Å². The van der Waals surface area contributed by atoms with Gasteiger partial charge in [0.1, 0.15) is 17.1 Å². The second kappa shape index (κ2) is 5.56. The first-order chi connectivity index (χ1) is 9.17. The first-order valence-electron chi connectivity index (χ1n) is 6.06. The van der Waals surface area contributed by atoms with Gasteiger partial charge in [-0.1, -0.05) is 24.2 Å². The summed E-state index contributed by atoms with van der Waals surface area (Å²) in [6.45, 7) is 3.65. The van der Waals surface area contributed by atoms with Gasteiger partial charge in [-0.25, -0.2) is 0 Å². The van der Waals surface area contributed by atoms with E-state index >= 15 is 0 Å². The summed E-state index contributed by atoms with van der Waals surface area (Å²) >= 11 is 0. The van der Waals surface area contributed by atoms with Crippen LogP contribution in [0.2, 0.25) is 0 Å². The Hall–Kier alpha value is -2.30. The number of hydrogen-bond donors (Lipinski definition) is 1. The van der Waals surface area contributed by atoms with E-state index < -0.39 is 0 Å². The number of carbonyl (C=O) groups is 1. The highest BCUT2D eigenvalue weighted by atomic mass is 16.5. The molecule has 0 saturated heterocycles. The van der Waals surface area contributed by atoms with Crippen molar-refractivity contribution < 1.29 is 14.1 Å². The maximum atomic E-state index is 12.3. The molecule has 0 bridgehead atoms. The van der Waals surface area contributed by atoms with E-state index in [0.717, 1.165) is 0 Å². The molecule has 1 aromatic carbocycles. The molecule has 100 valence electrons. The SMILES string of the molecule is CCc1noc(C)c1C(=O)Nc1ccccc1OC. The standard InChI is InChI=1S/C14H16N2O3/c1-4-10-13(9(2)19-16-10)14(17)15-11-7-5-6-8-12(11)18-3/h5-8H,4H2,1-3H3,(H,15,17). The third-order valence-corrected chi connectivity index (χ3v) is 2.85. The van der Waals surface area contributed by atoms with E-state index in [2.05, 4.69) is 10.5 Å². The topological polar surface area (TPSA) is 64.4 Å². The lowest BCUT2D eigenvalue weighted by Gasteiger charge is -2.09. The van der Waals surface area contributed by atoms with Crippen molar-refractivity contribution in [1.82, 2.24) is 5.16 Å². The van der Waals surface area contributed by atoms with E-state index in [9.17, 15) is 4.79 Å². The third kappa shape index (κ3) is 2.59. The van der Waals surface area contributed by atoms with Gasteiger partial charge in [0.05, 0.1) is 18.5 Å². The van der Waals surface area contributed by atoms with E-state index in [0.29, 0.717) is 34.9 Å². The average molecular weight is 260 g/mol. The summed E-state index contributed by atoms with van der Waals surface area (Å²) in [4.78, 5) is 12.3. The van der Waals surface area contributed by atoms with Crippen LogP contribution in [-0.2, 0) is 6.42 Å². The number of para-hydroxylation sites is 2. The van der Waals surface area contributed by atoms with Crippen LogP contribution >= 0.6 is 0 Å². The molecule has 2 aromatic rings. The predicted molar refractivity (Wildman–Crippen MR) is 71.6 cm³/mol. The van der Waals surface area contributed by atoms with Crippen LogP contribution in [0.1, 0.15) is 28.7 Å². The van der Waals surface area contributed by atoms with Crippen LogP contribution in [0.15, 0.2) is 28.8 Å². The smallest absolute Gasteiger partial charge is 0.261 e. The molecule has 5 heteroatoms. The molecule has 2 rings (SSSR count). The van der Waals surface area contributed by atoms with Crippen molar-refractivity contribution in [3.63, 3.8) is 0 Å². The summed E-state index contributed by atoms with van der Waals surface area (Å²) in [6.07, 6.45) is 0.645. The lowest BCUT2D eigenvalue weighted by Crippen LogP contribution is -2.14. The summed E-state index contributed by atoms with van der Waals surface area (Å²) in [5, 5.41) is 6.69. The van der Waals surface area contributed by atoms with Gasteiger partial charge in [-0.15, -0.1) is 0 Å². The van der Waals surface area contributed by atoms with Crippen LogP contribution in [-0.4, -0.2) is 18.2 Å². The number of methoxy groups -OCH3 is 1. The van der Waals surface area contributed by atoms with Gasteiger partial charge < -0.3 is 14.6 Å². The quantitative estimate of drug-likeness (QED) is 0.918. The van der Waals surface area contributed by atoms with Crippen molar-refractivity contribution in [2.75, 3.05) is 12.4 Å². The lowest BCUT2D eigenvalue weighted by molar-refractivity contribution is 0.102. The lowest BCUT2D eigenvalue weighted by atomic mass is 10.1. The number of hydrogen-bond acceptors (Lipinski definition) is 4. The van der Waals surface area contributed by atoms with Gasteiger partial charge in [0.15, 0.2) is 0 Å². The van der Waals surface area contributed by atoms with Crippen molar-refractivity contribution in [3.8, 4) is 5.75 Å². The maximum absolute atomic E-state index is 12.3. The Balaban J connectivity index is 2.28. The monoisotopic (exact) mass is 260 g/mol. The molecule has 0 fully saturated rings. The number of amides is 1. The molecule has 19 heavy (non-hydrogen) atoms. The van der Waals surface area contributed by atoms with Crippen LogP contribution in [0.25, 0.3) is 0 Å². The number of anilines is 1. The first kappa shape index (κ1) is 13.1. The molecule has 0 aliphatic carbocycles. The van der Waals surface area contributed by atoms with Crippen molar-refractivity contribution in [1.29, 1.82) is 0 Å². The Morgan fingerprint density at radius 3 is 2.84 bits per heavy atom. The molecule has 5 nitrogen and oxygen atoms in total. The second-order valence-corrected chi connectivity index (χ2v) is 4.07. The molecule has 0 radical (unpaired) electrons. The molecule has 0 atom stereocenters. The molecule has 0 spiro atoms. The second-order valence-electron chi connectivity index (χ2n) is 4.07. The molecule has 0 aliphatic heterocycles. The zero-order valence-corrected chi connectivity index (χ0v) is 11.2. The Bertz CT molecular complexity index is 590. The van der Waals surface area contributed by atoms with E-state index in [1.165, 1.54) is 0 Å².